The summed E-state index contributed by atoms with van der Waals surface area (Å²) < 4.78 is 4.96. The molecule has 0 fully saturated rings. The molecule has 1 atom stereocenters. The van der Waals surface area contributed by atoms with Gasteiger partial charge in [-0.15, -0.1) is 11.3 Å². The fourth-order valence-electron chi connectivity index (χ4n) is 0.918. The second-order valence-corrected chi connectivity index (χ2v) is 4.84. The van der Waals surface area contributed by atoms with Crippen molar-refractivity contribution in [1.29, 1.82) is 0 Å². The van der Waals surface area contributed by atoms with E-state index in [0.29, 0.717) is 17.7 Å². The molecule has 1 aromatic rings. The van der Waals surface area contributed by atoms with Crippen LogP contribution < -0.4 is 11.1 Å². The smallest absolute Gasteiger partial charge is 0.413 e. The lowest BCUT2D eigenvalue weighted by Crippen LogP contribution is -2.16. The zero-order chi connectivity index (χ0) is 12.1. The highest BCUT2D eigenvalue weighted by atomic mass is 32.1. The van der Waals surface area contributed by atoms with Crippen molar-refractivity contribution in [2.45, 2.75) is 26.8 Å². The van der Waals surface area contributed by atoms with Gasteiger partial charge in [0, 0.05) is 11.4 Å². The highest BCUT2D eigenvalue weighted by Gasteiger charge is 2.09. The molecule has 90 valence electrons. The summed E-state index contributed by atoms with van der Waals surface area (Å²) in [6, 6.07) is -0.126. The molecule has 0 spiro atoms. The molecular formula is C10H17N3O2S. The SMILES string of the molecule is CC(C)COC(=O)Nc1nc(C(C)N)cs1. The zero-order valence-corrected chi connectivity index (χ0v) is 10.5. The molecule has 0 saturated carbocycles. The number of anilines is 1. The van der Waals surface area contributed by atoms with Gasteiger partial charge in [0.15, 0.2) is 5.13 Å². The Hall–Kier alpha value is -1.14. The number of hydrogen-bond donors (Lipinski definition) is 2. The quantitative estimate of drug-likeness (QED) is 0.851. The minimum absolute atomic E-state index is 0.126. The van der Waals surface area contributed by atoms with E-state index >= 15 is 0 Å². The average molecular weight is 243 g/mol. The van der Waals surface area contributed by atoms with Crippen LogP contribution in [0.25, 0.3) is 0 Å². The Labute approximate surface area is 99.0 Å². The van der Waals surface area contributed by atoms with Crippen LogP contribution in [-0.4, -0.2) is 17.7 Å². The number of thiazole rings is 1. The second kappa shape index (κ2) is 5.81. The summed E-state index contributed by atoms with van der Waals surface area (Å²) in [4.78, 5) is 15.5. The Morgan fingerprint density at radius 1 is 1.62 bits per heavy atom. The van der Waals surface area contributed by atoms with E-state index in [1.165, 1.54) is 11.3 Å². The number of ether oxygens (including phenoxy) is 1. The van der Waals surface area contributed by atoms with Gasteiger partial charge in [-0.1, -0.05) is 13.8 Å². The fraction of sp³-hybridized carbons (Fsp3) is 0.600. The van der Waals surface area contributed by atoms with Gasteiger partial charge < -0.3 is 10.5 Å². The zero-order valence-electron chi connectivity index (χ0n) is 9.69. The molecule has 0 bridgehead atoms. The molecule has 1 unspecified atom stereocenters. The van der Waals surface area contributed by atoms with Crippen LogP contribution in [0.5, 0.6) is 0 Å². The summed E-state index contributed by atoms with van der Waals surface area (Å²) in [6.07, 6.45) is -0.473. The van der Waals surface area contributed by atoms with Crippen molar-refractivity contribution in [2.75, 3.05) is 11.9 Å². The molecule has 6 heteroatoms. The summed E-state index contributed by atoms with van der Waals surface area (Å²) in [5.74, 6) is 0.321. The fourth-order valence-corrected chi connectivity index (χ4v) is 1.72. The number of nitrogens with two attached hydrogens (primary N) is 1. The minimum Gasteiger partial charge on any atom is -0.449 e. The monoisotopic (exact) mass is 243 g/mol. The Morgan fingerprint density at radius 2 is 2.31 bits per heavy atom. The van der Waals surface area contributed by atoms with Gasteiger partial charge in [-0.05, 0) is 12.8 Å². The van der Waals surface area contributed by atoms with Crippen molar-refractivity contribution in [3.63, 3.8) is 0 Å². The molecule has 0 aromatic carbocycles. The lowest BCUT2D eigenvalue weighted by molar-refractivity contribution is 0.147. The van der Waals surface area contributed by atoms with Gasteiger partial charge in [0.05, 0.1) is 12.3 Å². The predicted octanol–water partition coefficient (Wildman–Crippen LogP) is 2.37. The summed E-state index contributed by atoms with van der Waals surface area (Å²) in [6.45, 7) is 6.20. The molecule has 1 aromatic heterocycles. The Balaban J connectivity index is 2.43. The first-order valence-corrected chi connectivity index (χ1v) is 6.01. The highest BCUT2D eigenvalue weighted by Crippen LogP contribution is 2.19. The van der Waals surface area contributed by atoms with Gasteiger partial charge in [0.2, 0.25) is 0 Å². The van der Waals surface area contributed by atoms with Crippen LogP contribution in [-0.2, 0) is 4.74 Å². The van der Waals surface area contributed by atoms with Crippen LogP contribution in [0, 0.1) is 5.92 Å². The lowest BCUT2D eigenvalue weighted by atomic mass is 10.2. The molecule has 3 N–H and O–H groups in total. The maximum atomic E-state index is 11.3. The first-order valence-electron chi connectivity index (χ1n) is 5.13. The first-order chi connectivity index (χ1) is 7.49. The summed E-state index contributed by atoms with van der Waals surface area (Å²) >= 11 is 1.34. The largest absolute Gasteiger partial charge is 0.449 e. The molecular weight excluding hydrogens is 226 g/mol. The Kier molecular flexibility index (Phi) is 4.70. The van der Waals surface area contributed by atoms with Crippen molar-refractivity contribution >= 4 is 22.6 Å². The van der Waals surface area contributed by atoms with E-state index in [1.807, 2.05) is 26.2 Å². The summed E-state index contributed by atoms with van der Waals surface area (Å²) in [7, 11) is 0. The van der Waals surface area contributed by atoms with E-state index in [1.54, 1.807) is 0 Å². The molecule has 0 aliphatic heterocycles. The van der Waals surface area contributed by atoms with Crippen LogP contribution in [0.2, 0.25) is 0 Å². The number of amides is 1. The Bertz CT molecular complexity index is 350. The number of aromatic nitrogens is 1. The maximum absolute atomic E-state index is 11.3. The Morgan fingerprint density at radius 3 is 2.81 bits per heavy atom. The normalized spacial score (nSPS) is 12.6. The standard InChI is InChI=1S/C10H17N3O2S/c1-6(2)4-15-10(14)13-9-12-8(5-16-9)7(3)11/h5-7H,4,11H2,1-3H3,(H,12,13,14). The van der Waals surface area contributed by atoms with Crippen molar-refractivity contribution in [3.8, 4) is 0 Å². The van der Waals surface area contributed by atoms with Crippen molar-refractivity contribution in [1.82, 2.24) is 4.98 Å². The molecule has 0 radical (unpaired) electrons. The molecule has 0 saturated heterocycles. The third kappa shape index (κ3) is 4.16. The molecule has 1 amide bonds. The molecule has 0 aliphatic rings. The van der Waals surface area contributed by atoms with Gasteiger partial charge in [0.25, 0.3) is 0 Å². The van der Waals surface area contributed by atoms with Crippen LogP contribution in [0.15, 0.2) is 5.38 Å². The van der Waals surface area contributed by atoms with Crippen LogP contribution in [0.1, 0.15) is 32.5 Å². The number of hydrogen-bond acceptors (Lipinski definition) is 5. The summed E-state index contributed by atoms with van der Waals surface area (Å²) in [5.41, 5.74) is 6.42. The molecule has 1 heterocycles. The van der Waals surface area contributed by atoms with Crippen LogP contribution in [0.4, 0.5) is 9.93 Å². The maximum Gasteiger partial charge on any atom is 0.413 e. The van der Waals surface area contributed by atoms with E-state index in [9.17, 15) is 4.79 Å². The molecule has 0 aliphatic carbocycles. The van der Waals surface area contributed by atoms with Gasteiger partial charge in [-0.3, -0.25) is 5.32 Å². The number of nitrogens with zero attached hydrogens (tertiary/aromatic N) is 1. The highest BCUT2D eigenvalue weighted by molar-refractivity contribution is 7.13. The third-order valence-corrected chi connectivity index (χ3v) is 2.52. The third-order valence-electron chi connectivity index (χ3n) is 1.75. The van der Waals surface area contributed by atoms with Gasteiger partial charge in [-0.25, -0.2) is 9.78 Å². The van der Waals surface area contributed by atoms with E-state index in [2.05, 4.69) is 10.3 Å². The predicted molar refractivity (Wildman–Crippen MR) is 64.5 cm³/mol. The van der Waals surface area contributed by atoms with E-state index in [-0.39, 0.29) is 6.04 Å². The minimum atomic E-state index is -0.473. The van der Waals surface area contributed by atoms with Crippen molar-refractivity contribution in [2.24, 2.45) is 11.7 Å². The van der Waals surface area contributed by atoms with Gasteiger partial charge in [0.1, 0.15) is 0 Å². The topological polar surface area (TPSA) is 77.2 Å². The number of nitrogens with one attached hydrogen (secondary N) is 1. The number of carbonyl (C=O) groups excluding carboxylic acids is 1. The molecule has 1 rings (SSSR count). The van der Waals surface area contributed by atoms with Gasteiger partial charge >= 0.3 is 6.09 Å². The lowest BCUT2D eigenvalue weighted by Gasteiger charge is -2.06. The van der Waals surface area contributed by atoms with Gasteiger partial charge in [-0.2, -0.15) is 0 Å². The number of carbonyl (C=O) groups is 1. The second-order valence-electron chi connectivity index (χ2n) is 3.98. The summed E-state index contributed by atoms with van der Waals surface area (Å²) in [5, 5.41) is 4.90. The van der Waals surface area contributed by atoms with E-state index in [4.69, 9.17) is 10.5 Å². The average Bonchev–Trinajstić information content (AvgIpc) is 2.63. The van der Waals surface area contributed by atoms with E-state index < -0.39 is 6.09 Å². The van der Waals surface area contributed by atoms with Crippen molar-refractivity contribution < 1.29 is 9.53 Å². The van der Waals surface area contributed by atoms with Crippen molar-refractivity contribution in [3.05, 3.63) is 11.1 Å². The first kappa shape index (κ1) is 12.9. The van der Waals surface area contributed by atoms with Crippen LogP contribution >= 0.6 is 11.3 Å². The van der Waals surface area contributed by atoms with E-state index in [0.717, 1.165) is 5.69 Å². The molecule has 5 nitrogen and oxygen atoms in total. The number of rotatable bonds is 4. The molecule has 16 heavy (non-hydrogen) atoms. The van der Waals surface area contributed by atoms with Crippen LogP contribution in [0.3, 0.4) is 0 Å².